The minimum atomic E-state index is -0.774. The SMILES string of the molecule is COc1cc(-c2cc3c(s2)c(=O)n(-c2cncc4cnn(C)c24)c(=O)n3CC(N)=O)c(Cl)cc1F. The number of ether oxygens (including phenoxy) is 1. The Kier molecular flexibility index (Phi) is 5.41. The first-order chi connectivity index (χ1) is 16.7. The van der Waals surface area contributed by atoms with Crippen molar-refractivity contribution in [1.82, 2.24) is 23.9 Å². The number of amides is 1. The van der Waals surface area contributed by atoms with E-state index in [4.69, 9.17) is 22.1 Å². The standard InChI is InChI=1S/C22H16ClFN6O4S/c1-28-19-10(7-27-28)6-26-8-15(19)30-21(32)20-14(29(22(30)33)9-18(25)31)5-17(35-20)11-3-16(34-2)13(24)4-12(11)23/h3-8H,9H2,1-2H3,(H2,25,31). The number of nitrogens with two attached hydrogens (primary N) is 1. The van der Waals surface area contributed by atoms with Crippen LogP contribution >= 0.6 is 22.9 Å². The molecule has 0 radical (unpaired) electrons. The Balaban J connectivity index is 1.87. The van der Waals surface area contributed by atoms with Crippen molar-refractivity contribution in [2.75, 3.05) is 7.11 Å². The summed E-state index contributed by atoms with van der Waals surface area (Å²) < 4.78 is 22.9. The summed E-state index contributed by atoms with van der Waals surface area (Å²) in [6, 6.07) is 4.04. The highest BCUT2D eigenvalue weighted by atomic mass is 35.5. The van der Waals surface area contributed by atoms with Crippen LogP contribution in [0.15, 0.2) is 46.4 Å². The monoisotopic (exact) mass is 514 g/mol. The molecule has 2 N–H and O–H groups in total. The normalized spacial score (nSPS) is 11.4. The van der Waals surface area contributed by atoms with Gasteiger partial charge in [0.2, 0.25) is 5.91 Å². The fourth-order valence-corrected chi connectivity index (χ4v) is 5.38. The van der Waals surface area contributed by atoms with Crippen LogP contribution in [-0.4, -0.2) is 36.9 Å². The third-order valence-corrected chi connectivity index (χ3v) is 6.96. The minimum Gasteiger partial charge on any atom is -0.494 e. The summed E-state index contributed by atoms with van der Waals surface area (Å²) in [5.74, 6) is -1.46. The summed E-state index contributed by atoms with van der Waals surface area (Å²) in [6.07, 6.45) is 4.50. The summed E-state index contributed by atoms with van der Waals surface area (Å²) in [7, 11) is 2.99. The predicted octanol–water partition coefficient (Wildman–Crippen LogP) is 2.45. The van der Waals surface area contributed by atoms with Crippen molar-refractivity contribution < 1.29 is 13.9 Å². The summed E-state index contributed by atoms with van der Waals surface area (Å²) >= 11 is 7.32. The fraction of sp³-hybridized carbons (Fsp3) is 0.136. The first-order valence-electron chi connectivity index (χ1n) is 10.1. The highest BCUT2D eigenvalue weighted by Gasteiger charge is 2.22. The number of benzene rings is 1. The van der Waals surface area contributed by atoms with Crippen molar-refractivity contribution in [3.8, 4) is 21.9 Å². The number of fused-ring (bicyclic) bond motifs is 2. The number of hydrogen-bond acceptors (Lipinski definition) is 7. The third-order valence-electron chi connectivity index (χ3n) is 5.50. The molecule has 35 heavy (non-hydrogen) atoms. The first-order valence-corrected chi connectivity index (χ1v) is 11.3. The van der Waals surface area contributed by atoms with E-state index in [0.29, 0.717) is 21.3 Å². The second kappa shape index (κ2) is 8.32. The lowest BCUT2D eigenvalue weighted by molar-refractivity contribution is -0.118. The van der Waals surface area contributed by atoms with Gasteiger partial charge in [-0.1, -0.05) is 11.6 Å². The Labute approximate surface area is 204 Å². The maximum absolute atomic E-state index is 14.1. The molecule has 0 aliphatic heterocycles. The highest BCUT2D eigenvalue weighted by Crippen LogP contribution is 2.39. The molecule has 0 fully saturated rings. The lowest BCUT2D eigenvalue weighted by Gasteiger charge is -2.12. The number of thiophene rings is 1. The number of hydrogen-bond donors (Lipinski definition) is 1. The number of halogens is 2. The van der Waals surface area contributed by atoms with E-state index in [1.807, 2.05) is 0 Å². The number of rotatable bonds is 5. The third kappa shape index (κ3) is 3.58. The second-order valence-corrected chi connectivity index (χ2v) is 9.09. The Hall–Kier alpha value is -4.03. The summed E-state index contributed by atoms with van der Waals surface area (Å²) in [5, 5.41) is 4.88. The van der Waals surface area contributed by atoms with Gasteiger partial charge in [0.25, 0.3) is 5.56 Å². The molecule has 0 unspecified atom stereocenters. The Morgan fingerprint density at radius 2 is 2.00 bits per heavy atom. The van der Waals surface area contributed by atoms with Crippen molar-refractivity contribution in [3.05, 3.63) is 68.5 Å². The van der Waals surface area contributed by atoms with Crippen molar-refractivity contribution in [2.45, 2.75) is 6.54 Å². The lowest BCUT2D eigenvalue weighted by Crippen LogP contribution is -2.40. The smallest absolute Gasteiger partial charge is 0.336 e. The number of carbonyl (C=O) groups is 1. The zero-order chi connectivity index (χ0) is 25.0. The molecule has 1 amide bonds. The fourth-order valence-electron chi connectivity index (χ4n) is 3.95. The van der Waals surface area contributed by atoms with E-state index in [9.17, 15) is 18.8 Å². The van der Waals surface area contributed by atoms with Gasteiger partial charge in [0.1, 0.15) is 11.2 Å². The number of aryl methyl sites for hydroxylation is 1. The molecule has 0 aliphatic rings. The van der Waals surface area contributed by atoms with Crippen LogP contribution < -0.4 is 21.7 Å². The number of carbonyl (C=O) groups excluding carboxylic acids is 1. The van der Waals surface area contributed by atoms with Gasteiger partial charge < -0.3 is 10.5 Å². The zero-order valence-electron chi connectivity index (χ0n) is 18.3. The molecule has 10 nitrogen and oxygen atoms in total. The Morgan fingerprint density at radius 1 is 1.23 bits per heavy atom. The van der Waals surface area contributed by atoms with Crippen LogP contribution in [0.5, 0.6) is 5.75 Å². The summed E-state index contributed by atoms with van der Waals surface area (Å²) in [5.41, 5.74) is 5.32. The molecule has 4 heterocycles. The molecule has 13 heteroatoms. The number of aromatic nitrogens is 5. The maximum atomic E-state index is 14.1. The molecular formula is C22H16ClFN6O4S. The van der Waals surface area contributed by atoms with E-state index in [0.717, 1.165) is 26.5 Å². The van der Waals surface area contributed by atoms with Crippen LogP contribution in [0.25, 0.3) is 37.2 Å². The van der Waals surface area contributed by atoms with Crippen LogP contribution in [0.1, 0.15) is 0 Å². The lowest BCUT2D eigenvalue weighted by atomic mass is 10.1. The van der Waals surface area contributed by atoms with Gasteiger partial charge in [-0.2, -0.15) is 5.10 Å². The largest absolute Gasteiger partial charge is 0.494 e. The van der Waals surface area contributed by atoms with Gasteiger partial charge in [-0.15, -0.1) is 11.3 Å². The van der Waals surface area contributed by atoms with Crippen LogP contribution in [0, 0.1) is 5.82 Å². The Morgan fingerprint density at radius 3 is 2.71 bits per heavy atom. The molecule has 0 atom stereocenters. The average Bonchev–Trinajstić information content (AvgIpc) is 3.42. The van der Waals surface area contributed by atoms with Gasteiger partial charge >= 0.3 is 5.69 Å². The highest BCUT2D eigenvalue weighted by molar-refractivity contribution is 7.22. The molecule has 178 valence electrons. The number of nitrogens with zero attached hydrogens (tertiary/aromatic N) is 5. The molecule has 1 aromatic carbocycles. The number of methoxy groups -OCH3 is 1. The van der Waals surface area contributed by atoms with Crippen molar-refractivity contribution in [2.24, 2.45) is 12.8 Å². The summed E-state index contributed by atoms with van der Waals surface area (Å²) in [4.78, 5) is 43.6. The van der Waals surface area contributed by atoms with Gasteiger partial charge in [0.15, 0.2) is 11.6 Å². The quantitative estimate of drug-likeness (QED) is 0.384. The van der Waals surface area contributed by atoms with E-state index < -0.39 is 29.5 Å². The molecule has 5 rings (SSSR count). The van der Waals surface area contributed by atoms with Crippen LogP contribution in [0.2, 0.25) is 5.02 Å². The second-order valence-electron chi connectivity index (χ2n) is 7.63. The van der Waals surface area contributed by atoms with Gasteiger partial charge in [-0.05, 0) is 18.2 Å². The van der Waals surface area contributed by atoms with E-state index in [1.54, 1.807) is 19.4 Å². The van der Waals surface area contributed by atoms with Crippen molar-refractivity contribution >= 4 is 50.0 Å². The molecule has 0 saturated heterocycles. The molecule has 5 aromatic rings. The van der Waals surface area contributed by atoms with E-state index in [-0.39, 0.29) is 26.7 Å². The topological polar surface area (TPSA) is 127 Å². The molecule has 4 aromatic heterocycles. The number of pyridine rings is 1. The van der Waals surface area contributed by atoms with E-state index >= 15 is 0 Å². The van der Waals surface area contributed by atoms with Crippen LogP contribution in [-0.2, 0) is 18.4 Å². The van der Waals surface area contributed by atoms with E-state index in [1.165, 1.54) is 30.1 Å². The van der Waals surface area contributed by atoms with E-state index in [2.05, 4.69) is 10.1 Å². The van der Waals surface area contributed by atoms with Gasteiger partial charge in [0, 0.05) is 29.1 Å². The minimum absolute atomic E-state index is 0.0391. The zero-order valence-corrected chi connectivity index (χ0v) is 19.9. The van der Waals surface area contributed by atoms with Gasteiger partial charge in [-0.3, -0.25) is 23.8 Å². The average molecular weight is 515 g/mol. The van der Waals surface area contributed by atoms with Crippen LogP contribution in [0.3, 0.4) is 0 Å². The maximum Gasteiger partial charge on any atom is 0.336 e. The molecule has 0 spiro atoms. The number of primary amides is 1. The molecule has 0 saturated carbocycles. The Bertz CT molecular complexity index is 1790. The molecular weight excluding hydrogens is 499 g/mol. The predicted molar refractivity (Wildman–Crippen MR) is 130 cm³/mol. The molecule has 0 aliphatic carbocycles. The summed E-state index contributed by atoms with van der Waals surface area (Å²) in [6.45, 7) is -0.471. The first kappa shape index (κ1) is 22.7. The van der Waals surface area contributed by atoms with Crippen molar-refractivity contribution in [1.29, 1.82) is 0 Å². The molecule has 0 bridgehead atoms. The van der Waals surface area contributed by atoms with Crippen molar-refractivity contribution in [3.63, 3.8) is 0 Å². The van der Waals surface area contributed by atoms with Crippen LogP contribution in [0.4, 0.5) is 4.39 Å². The van der Waals surface area contributed by atoms with Gasteiger partial charge in [0.05, 0.1) is 41.2 Å². The van der Waals surface area contributed by atoms with Gasteiger partial charge in [-0.25, -0.2) is 13.8 Å².